The summed E-state index contributed by atoms with van der Waals surface area (Å²) in [7, 11) is 0. The maximum atomic E-state index is 11.8. The first-order valence-corrected chi connectivity index (χ1v) is 8.01. The minimum atomic E-state index is -0.651. The van der Waals surface area contributed by atoms with E-state index in [1.165, 1.54) is 0 Å². The molecule has 6 nitrogen and oxygen atoms in total. The first kappa shape index (κ1) is 18.6. The predicted molar refractivity (Wildman–Crippen MR) is 94.1 cm³/mol. The molecule has 0 saturated heterocycles. The van der Waals surface area contributed by atoms with Crippen molar-refractivity contribution in [2.75, 3.05) is 25.1 Å². The molecule has 132 valence electrons. The van der Waals surface area contributed by atoms with Gasteiger partial charge in [-0.05, 0) is 49.4 Å². The third-order valence-electron chi connectivity index (χ3n) is 2.97. The van der Waals surface area contributed by atoms with Crippen molar-refractivity contribution in [2.24, 2.45) is 0 Å². The van der Waals surface area contributed by atoms with Crippen LogP contribution in [0.5, 0.6) is 11.5 Å². The molecule has 0 bridgehead atoms. The van der Waals surface area contributed by atoms with Crippen LogP contribution in [0.4, 0.5) is 5.69 Å². The van der Waals surface area contributed by atoms with Crippen molar-refractivity contribution >= 4 is 29.2 Å². The van der Waals surface area contributed by atoms with Gasteiger partial charge >= 0.3 is 5.97 Å². The summed E-state index contributed by atoms with van der Waals surface area (Å²) in [5, 5.41) is 3.12. The Bertz CT molecular complexity index is 718. The zero-order valence-corrected chi connectivity index (χ0v) is 14.4. The van der Waals surface area contributed by atoms with Gasteiger partial charge in [0.05, 0.1) is 6.61 Å². The van der Waals surface area contributed by atoms with Crippen LogP contribution in [-0.2, 0) is 14.3 Å². The molecule has 25 heavy (non-hydrogen) atoms. The fourth-order valence-electron chi connectivity index (χ4n) is 1.88. The molecule has 0 aliphatic heterocycles. The van der Waals surface area contributed by atoms with E-state index in [2.05, 4.69) is 5.32 Å². The van der Waals surface area contributed by atoms with Gasteiger partial charge in [0.15, 0.2) is 13.2 Å². The number of hydrogen-bond acceptors (Lipinski definition) is 5. The minimum Gasteiger partial charge on any atom is -0.494 e. The van der Waals surface area contributed by atoms with Gasteiger partial charge in [0.25, 0.3) is 5.91 Å². The molecule has 7 heteroatoms. The highest BCUT2D eigenvalue weighted by Gasteiger charge is 2.09. The van der Waals surface area contributed by atoms with Gasteiger partial charge in [-0.2, -0.15) is 0 Å². The van der Waals surface area contributed by atoms with Crippen molar-refractivity contribution in [3.05, 3.63) is 53.6 Å². The minimum absolute atomic E-state index is 0.309. The number of carbonyl (C=O) groups excluding carboxylic acids is 2. The van der Waals surface area contributed by atoms with Crippen molar-refractivity contribution in [2.45, 2.75) is 6.92 Å². The van der Waals surface area contributed by atoms with Crippen LogP contribution in [0.3, 0.4) is 0 Å². The standard InChI is InChI=1S/C18H18ClNO5/c1-2-23-15-8-6-14(7-9-15)20-17(21)11-25-18(22)12-24-16-5-3-4-13(19)10-16/h3-10H,2,11-12H2,1H3,(H,20,21). The van der Waals surface area contributed by atoms with Crippen LogP contribution in [0.25, 0.3) is 0 Å². The third kappa shape index (κ3) is 6.73. The number of anilines is 1. The van der Waals surface area contributed by atoms with Gasteiger partial charge in [0, 0.05) is 10.7 Å². The summed E-state index contributed by atoms with van der Waals surface area (Å²) >= 11 is 5.81. The van der Waals surface area contributed by atoms with E-state index in [0.717, 1.165) is 0 Å². The highest BCUT2D eigenvalue weighted by molar-refractivity contribution is 6.30. The molecule has 2 aromatic carbocycles. The van der Waals surface area contributed by atoms with Crippen LogP contribution >= 0.6 is 11.6 Å². The number of ether oxygens (including phenoxy) is 3. The number of benzene rings is 2. The van der Waals surface area contributed by atoms with Gasteiger partial charge in [0.1, 0.15) is 11.5 Å². The molecule has 0 saturated carbocycles. The fourth-order valence-corrected chi connectivity index (χ4v) is 2.07. The maximum Gasteiger partial charge on any atom is 0.344 e. The summed E-state index contributed by atoms with van der Waals surface area (Å²) < 4.78 is 15.4. The maximum absolute atomic E-state index is 11.8. The van der Waals surface area contributed by atoms with Gasteiger partial charge in [-0.15, -0.1) is 0 Å². The molecule has 1 N–H and O–H groups in total. The van der Waals surface area contributed by atoms with Crippen molar-refractivity contribution in [3.63, 3.8) is 0 Å². The van der Waals surface area contributed by atoms with Crippen molar-refractivity contribution < 1.29 is 23.8 Å². The van der Waals surface area contributed by atoms with E-state index in [0.29, 0.717) is 28.8 Å². The normalized spacial score (nSPS) is 10.0. The van der Waals surface area contributed by atoms with Crippen LogP contribution in [0.1, 0.15) is 6.92 Å². The van der Waals surface area contributed by atoms with Crippen molar-refractivity contribution in [3.8, 4) is 11.5 Å². The Kier molecular flexibility index (Phi) is 7.10. The monoisotopic (exact) mass is 363 g/mol. The van der Waals surface area contributed by atoms with E-state index < -0.39 is 18.5 Å². The molecule has 1 amide bonds. The molecule has 0 spiro atoms. The molecule has 0 aliphatic carbocycles. The SMILES string of the molecule is CCOc1ccc(NC(=O)COC(=O)COc2cccc(Cl)c2)cc1. The number of nitrogens with one attached hydrogen (secondary N) is 1. The highest BCUT2D eigenvalue weighted by atomic mass is 35.5. The van der Waals surface area contributed by atoms with Crippen LogP contribution in [0.15, 0.2) is 48.5 Å². The average Bonchev–Trinajstić information content (AvgIpc) is 2.60. The quantitative estimate of drug-likeness (QED) is 0.728. The Morgan fingerprint density at radius 2 is 1.76 bits per heavy atom. The summed E-state index contributed by atoms with van der Waals surface area (Å²) in [6, 6.07) is 13.5. The van der Waals surface area contributed by atoms with Gasteiger partial charge in [-0.1, -0.05) is 17.7 Å². The van der Waals surface area contributed by atoms with E-state index in [9.17, 15) is 9.59 Å². The fraction of sp³-hybridized carbons (Fsp3) is 0.222. The number of rotatable bonds is 8. The molecular formula is C18H18ClNO5. The second-order valence-electron chi connectivity index (χ2n) is 4.91. The molecule has 0 radical (unpaired) electrons. The van der Waals surface area contributed by atoms with Crippen LogP contribution in [-0.4, -0.2) is 31.7 Å². The summed E-state index contributed by atoms with van der Waals surface area (Å²) in [5.74, 6) is 0.0652. The van der Waals surface area contributed by atoms with Crippen molar-refractivity contribution in [1.82, 2.24) is 0 Å². The van der Waals surface area contributed by atoms with Gasteiger partial charge in [0.2, 0.25) is 0 Å². The Labute approximate surface area is 150 Å². The first-order valence-electron chi connectivity index (χ1n) is 7.63. The smallest absolute Gasteiger partial charge is 0.344 e. The first-order chi connectivity index (χ1) is 12.1. The van der Waals surface area contributed by atoms with Gasteiger partial charge in [-0.3, -0.25) is 4.79 Å². The van der Waals surface area contributed by atoms with E-state index in [1.807, 2.05) is 6.92 Å². The summed E-state index contributed by atoms with van der Waals surface area (Å²) in [4.78, 5) is 23.4. The molecule has 0 aromatic heterocycles. The van der Waals surface area contributed by atoms with Gasteiger partial charge in [-0.25, -0.2) is 4.79 Å². The molecule has 2 rings (SSSR count). The molecule has 0 unspecified atom stereocenters. The summed E-state index contributed by atoms with van der Waals surface area (Å²) in [5.41, 5.74) is 0.583. The van der Waals surface area contributed by atoms with Crippen LogP contribution in [0.2, 0.25) is 5.02 Å². The summed E-state index contributed by atoms with van der Waals surface area (Å²) in [6.07, 6.45) is 0. The zero-order chi connectivity index (χ0) is 18.1. The second-order valence-corrected chi connectivity index (χ2v) is 5.35. The summed E-state index contributed by atoms with van der Waals surface area (Å²) in [6.45, 7) is 1.75. The number of halogens is 1. The molecule has 0 atom stereocenters. The van der Waals surface area contributed by atoms with E-state index >= 15 is 0 Å². The Morgan fingerprint density at radius 1 is 1.00 bits per heavy atom. The molecular weight excluding hydrogens is 346 g/mol. The lowest BCUT2D eigenvalue weighted by molar-refractivity contribution is -0.149. The highest BCUT2D eigenvalue weighted by Crippen LogP contribution is 2.17. The van der Waals surface area contributed by atoms with Crippen LogP contribution in [0, 0.1) is 0 Å². The van der Waals surface area contributed by atoms with Gasteiger partial charge < -0.3 is 19.5 Å². The third-order valence-corrected chi connectivity index (χ3v) is 3.20. The van der Waals surface area contributed by atoms with Crippen molar-refractivity contribution in [1.29, 1.82) is 0 Å². The van der Waals surface area contributed by atoms with E-state index in [4.69, 9.17) is 25.8 Å². The lowest BCUT2D eigenvalue weighted by Crippen LogP contribution is -2.23. The molecule has 0 heterocycles. The topological polar surface area (TPSA) is 73.9 Å². The van der Waals surface area contributed by atoms with E-state index in [-0.39, 0.29) is 6.61 Å². The van der Waals surface area contributed by atoms with E-state index in [1.54, 1.807) is 48.5 Å². The Balaban J connectivity index is 1.71. The predicted octanol–water partition coefficient (Wildman–Crippen LogP) is 3.30. The zero-order valence-electron chi connectivity index (χ0n) is 13.7. The molecule has 2 aromatic rings. The van der Waals surface area contributed by atoms with Crippen LogP contribution < -0.4 is 14.8 Å². The largest absolute Gasteiger partial charge is 0.494 e. The molecule has 0 fully saturated rings. The number of hydrogen-bond donors (Lipinski definition) is 1. The lowest BCUT2D eigenvalue weighted by atomic mass is 10.3. The average molecular weight is 364 g/mol. The number of esters is 1. The Morgan fingerprint density at radius 3 is 2.44 bits per heavy atom. The molecule has 0 aliphatic rings. The number of amides is 1. The second kappa shape index (κ2) is 9.54. The lowest BCUT2D eigenvalue weighted by Gasteiger charge is -2.09. The Hall–Kier alpha value is -2.73. The number of carbonyl (C=O) groups is 2.